The van der Waals surface area contributed by atoms with Crippen LogP contribution in [0.3, 0.4) is 0 Å². The minimum Gasteiger partial charge on any atom is -0.490 e. The van der Waals surface area contributed by atoms with E-state index in [1.165, 1.54) is 12.1 Å². The highest BCUT2D eigenvalue weighted by Crippen LogP contribution is 2.39. The lowest BCUT2D eigenvalue weighted by atomic mass is 9.90. The van der Waals surface area contributed by atoms with Crippen molar-refractivity contribution in [3.8, 4) is 5.75 Å². The summed E-state index contributed by atoms with van der Waals surface area (Å²) in [6.07, 6.45) is -3.40. The van der Waals surface area contributed by atoms with Gasteiger partial charge in [-0.05, 0) is 31.0 Å². The fraction of sp³-hybridized carbons (Fsp3) is 0.455. The van der Waals surface area contributed by atoms with Crippen molar-refractivity contribution >= 4 is 15.9 Å². The molecule has 1 saturated carbocycles. The Hall–Kier alpha value is -0.750. The molecule has 0 aromatic heterocycles. The molecule has 1 aliphatic carbocycles. The molecule has 1 aromatic rings. The van der Waals surface area contributed by atoms with Gasteiger partial charge in [0.2, 0.25) is 0 Å². The number of hydrogen-bond acceptors (Lipinski definition) is 2. The Balaban J connectivity index is 2.21. The molecule has 2 N–H and O–H groups in total. The van der Waals surface area contributed by atoms with E-state index in [4.69, 9.17) is 10.5 Å². The Bertz CT molecular complexity index is 416. The van der Waals surface area contributed by atoms with E-state index in [1.807, 2.05) is 0 Å². The molecule has 0 heterocycles. The number of ether oxygens (including phenoxy) is 1. The van der Waals surface area contributed by atoms with E-state index in [9.17, 15) is 13.2 Å². The van der Waals surface area contributed by atoms with Gasteiger partial charge in [-0.25, -0.2) is 0 Å². The molecule has 2 nitrogen and oxygen atoms in total. The van der Waals surface area contributed by atoms with E-state index in [0.29, 0.717) is 17.3 Å². The van der Waals surface area contributed by atoms with Crippen molar-refractivity contribution in [1.82, 2.24) is 0 Å². The lowest BCUT2D eigenvalue weighted by Crippen LogP contribution is -2.43. The summed E-state index contributed by atoms with van der Waals surface area (Å²) in [5.74, 6) is -0.127. The molecule has 0 radical (unpaired) electrons. The van der Waals surface area contributed by atoms with Crippen LogP contribution in [-0.4, -0.2) is 12.1 Å². The fourth-order valence-electron chi connectivity index (χ4n) is 1.71. The Morgan fingerprint density at radius 3 is 2.47 bits per heavy atom. The van der Waals surface area contributed by atoms with Crippen LogP contribution in [0.15, 0.2) is 22.7 Å². The molecule has 0 spiro atoms. The van der Waals surface area contributed by atoms with Crippen LogP contribution in [0, 0.1) is 0 Å². The minimum absolute atomic E-state index is 0.0461. The van der Waals surface area contributed by atoms with Crippen molar-refractivity contribution in [3.63, 3.8) is 0 Å². The van der Waals surface area contributed by atoms with Gasteiger partial charge in [0, 0.05) is 10.5 Å². The highest BCUT2D eigenvalue weighted by atomic mass is 79.9. The van der Waals surface area contributed by atoms with Gasteiger partial charge in [0.25, 0.3) is 0 Å². The molecule has 1 fully saturated rings. The summed E-state index contributed by atoms with van der Waals surface area (Å²) in [7, 11) is 0. The highest BCUT2D eigenvalue weighted by Gasteiger charge is 2.36. The number of rotatable bonds is 2. The van der Waals surface area contributed by atoms with E-state index in [-0.39, 0.29) is 17.9 Å². The normalized spacial score (nSPS) is 24.3. The van der Waals surface area contributed by atoms with Gasteiger partial charge in [-0.3, -0.25) is 0 Å². The zero-order valence-corrected chi connectivity index (χ0v) is 10.4. The van der Waals surface area contributed by atoms with E-state index in [2.05, 4.69) is 15.9 Å². The number of hydrogen-bond donors (Lipinski definition) is 1. The molecule has 2 rings (SSSR count). The molecule has 0 unspecified atom stereocenters. The quantitative estimate of drug-likeness (QED) is 0.909. The summed E-state index contributed by atoms with van der Waals surface area (Å²) in [5, 5.41) is 0. The third-order valence-corrected chi connectivity index (χ3v) is 3.17. The summed E-state index contributed by atoms with van der Waals surface area (Å²) in [4.78, 5) is 0. The zero-order chi connectivity index (χ0) is 12.6. The van der Waals surface area contributed by atoms with Gasteiger partial charge in [0.05, 0.1) is 5.56 Å². The van der Waals surface area contributed by atoms with Crippen molar-refractivity contribution in [3.05, 3.63) is 28.2 Å². The van der Waals surface area contributed by atoms with Crippen molar-refractivity contribution in [2.75, 3.05) is 0 Å². The Morgan fingerprint density at radius 2 is 1.94 bits per heavy atom. The standard InChI is InChI=1S/C11H11BrF3NO/c12-6-1-2-10(9(3-6)11(13,14)15)17-8-4-7(16)5-8/h1-3,7-8H,4-5,16H2. The maximum atomic E-state index is 12.8. The van der Waals surface area contributed by atoms with Gasteiger partial charge in [0.15, 0.2) is 0 Å². The molecular formula is C11H11BrF3NO. The predicted molar refractivity (Wildman–Crippen MR) is 60.8 cm³/mol. The van der Waals surface area contributed by atoms with E-state index < -0.39 is 11.7 Å². The largest absolute Gasteiger partial charge is 0.490 e. The summed E-state index contributed by atoms with van der Waals surface area (Å²) in [6.45, 7) is 0. The lowest BCUT2D eigenvalue weighted by Gasteiger charge is -2.33. The lowest BCUT2D eigenvalue weighted by molar-refractivity contribution is -0.139. The van der Waals surface area contributed by atoms with E-state index >= 15 is 0 Å². The smallest absolute Gasteiger partial charge is 0.420 e. The van der Waals surface area contributed by atoms with Gasteiger partial charge in [-0.2, -0.15) is 13.2 Å². The molecule has 94 valence electrons. The molecular weight excluding hydrogens is 299 g/mol. The Labute approximate surface area is 105 Å². The molecule has 17 heavy (non-hydrogen) atoms. The average Bonchev–Trinajstić information content (AvgIpc) is 2.16. The topological polar surface area (TPSA) is 35.2 Å². The second-order valence-electron chi connectivity index (χ2n) is 4.11. The first-order valence-electron chi connectivity index (χ1n) is 5.15. The fourth-order valence-corrected chi connectivity index (χ4v) is 2.07. The molecule has 1 aromatic carbocycles. The first kappa shape index (κ1) is 12.7. The molecule has 1 aliphatic rings. The van der Waals surface area contributed by atoms with Crippen LogP contribution in [0.1, 0.15) is 18.4 Å². The van der Waals surface area contributed by atoms with E-state index in [0.717, 1.165) is 6.07 Å². The van der Waals surface area contributed by atoms with Crippen LogP contribution in [0.4, 0.5) is 13.2 Å². The van der Waals surface area contributed by atoms with Crippen LogP contribution in [0.25, 0.3) is 0 Å². The number of nitrogens with two attached hydrogens (primary N) is 1. The molecule has 0 saturated heterocycles. The highest BCUT2D eigenvalue weighted by molar-refractivity contribution is 9.10. The molecule has 0 amide bonds. The monoisotopic (exact) mass is 309 g/mol. The zero-order valence-electron chi connectivity index (χ0n) is 8.80. The van der Waals surface area contributed by atoms with Gasteiger partial charge < -0.3 is 10.5 Å². The average molecular weight is 310 g/mol. The van der Waals surface area contributed by atoms with E-state index in [1.54, 1.807) is 0 Å². The first-order chi connectivity index (χ1) is 7.86. The van der Waals surface area contributed by atoms with Crippen molar-refractivity contribution in [2.45, 2.75) is 31.2 Å². The SMILES string of the molecule is NC1CC(Oc2ccc(Br)cc2C(F)(F)F)C1. The third kappa shape index (κ3) is 2.93. The van der Waals surface area contributed by atoms with Crippen LogP contribution >= 0.6 is 15.9 Å². The maximum Gasteiger partial charge on any atom is 0.420 e. The van der Waals surface area contributed by atoms with Crippen LogP contribution in [0.5, 0.6) is 5.75 Å². The Morgan fingerprint density at radius 1 is 1.29 bits per heavy atom. The van der Waals surface area contributed by atoms with Crippen LogP contribution < -0.4 is 10.5 Å². The van der Waals surface area contributed by atoms with Crippen LogP contribution in [-0.2, 0) is 6.18 Å². The van der Waals surface area contributed by atoms with Crippen molar-refractivity contribution < 1.29 is 17.9 Å². The van der Waals surface area contributed by atoms with Gasteiger partial charge in [0.1, 0.15) is 11.9 Å². The van der Waals surface area contributed by atoms with Crippen molar-refractivity contribution in [2.24, 2.45) is 5.73 Å². The third-order valence-electron chi connectivity index (χ3n) is 2.67. The Kier molecular flexibility index (Phi) is 3.36. The van der Waals surface area contributed by atoms with Gasteiger partial charge >= 0.3 is 6.18 Å². The number of benzene rings is 1. The van der Waals surface area contributed by atoms with Crippen LogP contribution in [0.2, 0.25) is 0 Å². The summed E-state index contributed by atoms with van der Waals surface area (Å²) in [6, 6.07) is 3.93. The van der Waals surface area contributed by atoms with Crippen molar-refractivity contribution in [1.29, 1.82) is 0 Å². The van der Waals surface area contributed by atoms with Gasteiger partial charge in [-0.1, -0.05) is 15.9 Å². The minimum atomic E-state index is -4.41. The maximum absolute atomic E-state index is 12.8. The summed E-state index contributed by atoms with van der Waals surface area (Å²) >= 11 is 3.02. The number of halogens is 4. The second-order valence-corrected chi connectivity index (χ2v) is 5.03. The molecule has 0 atom stereocenters. The summed E-state index contributed by atoms with van der Waals surface area (Å²) < 4.78 is 43.9. The molecule has 0 aliphatic heterocycles. The number of alkyl halides is 3. The molecule has 6 heteroatoms. The second kappa shape index (κ2) is 4.49. The molecule has 0 bridgehead atoms. The first-order valence-corrected chi connectivity index (χ1v) is 5.94. The van der Waals surface area contributed by atoms with Gasteiger partial charge in [-0.15, -0.1) is 0 Å². The predicted octanol–water partition coefficient (Wildman–Crippen LogP) is 3.34. The summed E-state index contributed by atoms with van der Waals surface area (Å²) in [5.41, 5.74) is 4.80.